The summed E-state index contributed by atoms with van der Waals surface area (Å²) in [6.07, 6.45) is 3.96. The molecule has 0 aromatic carbocycles. The molecule has 0 bridgehead atoms. The van der Waals surface area contributed by atoms with E-state index in [0.29, 0.717) is 0 Å². The molecule has 1 aliphatic carbocycles. The van der Waals surface area contributed by atoms with Crippen molar-refractivity contribution in [2.24, 2.45) is 0 Å². The van der Waals surface area contributed by atoms with Gasteiger partial charge in [0.15, 0.2) is 0 Å². The van der Waals surface area contributed by atoms with Gasteiger partial charge in [-0.1, -0.05) is 0 Å². The Hall–Kier alpha value is -1.43. The van der Waals surface area contributed by atoms with Gasteiger partial charge >= 0.3 is 0 Å². The van der Waals surface area contributed by atoms with Gasteiger partial charge in [0.25, 0.3) is 5.91 Å². The molecule has 0 saturated heterocycles. The van der Waals surface area contributed by atoms with Crippen LogP contribution in [0.15, 0.2) is 6.33 Å². The second kappa shape index (κ2) is 3.38. The van der Waals surface area contributed by atoms with E-state index < -0.39 is 5.54 Å². The third-order valence-electron chi connectivity index (χ3n) is 2.62. The summed E-state index contributed by atoms with van der Waals surface area (Å²) in [5, 5.41) is 17.9. The molecule has 0 unspecified atom stereocenters. The van der Waals surface area contributed by atoms with Crippen LogP contribution in [0.1, 0.15) is 29.9 Å². The van der Waals surface area contributed by atoms with Crippen molar-refractivity contribution >= 4 is 5.91 Å². The van der Waals surface area contributed by atoms with Crippen molar-refractivity contribution in [3.63, 3.8) is 0 Å². The molecule has 76 valence electrons. The topological polar surface area (TPSA) is 90.9 Å². The average molecular weight is 196 g/mol. The van der Waals surface area contributed by atoms with E-state index in [1.54, 1.807) is 0 Å². The Morgan fingerprint density at radius 1 is 1.71 bits per heavy atom. The molecular formula is C8H12N4O2. The first kappa shape index (κ1) is 9.14. The Morgan fingerprint density at radius 3 is 2.93 bits per heavy atom. The third kappa shape index (κ3) is 1.48. The SMILES string of the molecule is O=C(NC1(CO)CCC1)c1ncn[nH]1. The maximum atomic E-state index is 11.5. The highest BCUT2D eigenvalue weighted by Gasteiger charge is 2.38. The summed E-state index contributed by atoms with van der Waals surface area (Å²) in [6, 6.07) is 0. The first-order chi connectivity index (χ1) is 6.76. The minimum absolute atomic E-state index is 0.0210. The van der Waals surface area contributed by atoms with E-state index in [9.17, 15) is 4.79 Å². The number of nitrogens with zero attached hydrogens (tertiary/aromatic N) is 2. The van der Waals surface area contributed by atoms with Gasteiger partial charge < -0.3 is 10.4 Å². The van der Waals surface area contributed by atoms with Crippen LogP contribution in [0.5, 0.6) is 0 Å². The Kier molecular flexibility index (Phi) is 2.20. The zero-order valence-corrected chi connectivity index (χ0v) is 7.66. The largest absolute Gasteiger partial charge is 0.394 e. The fraction of sp³-hybridized carbons (Fsp3) is 0.625. The lowest BCUT2D eigenvalue weighted by molar-refractivity contribution is 0.0633. The molecule has 2 rings (SSSR count). The van der Waals surface area contributed by atoms with Crippen LogP contribution in [0.2, 0.25) is 0 Å². The lowest BCUT2D eigenvalue weighted by Gasteiger charge is -2.40. The fourth-order valence-corrected chi connectivity index (χ4v) is 1.54. The number of rotatable bonds is 3. The van der Waals surface area contributed by atoms with Gasteiger partial charge in [-0.05, 0) is 19.3 Å². The Bertz CT molecular complexity index is 313. The lowest BCUT2D eigenvalue weighted by Crippen LogP contribution is -2.56. The summed E-state index contributed by atoms with van der Waals surface area (Å²) >= 11 is 0. The standard InChI is InChI=1S/C8H12N4O2/c13-4-8(2-1-3-8)11-7(14)6-9-5-10-12-6/h5,13H,1-4H2,(H,11,14)(H,9,10,12). The molecule has 1 saturated carbocycles. The molecule has 3 N–H and O–H groups in total. The van der Waals surface area contributed by atoms with Gasteiger partial charge in [0.05, 0.1) is 12.1 Å². The van der Waals surface area contributed by atoms with Crippen LogP contribution in [0.3, 0.4) is 0 Å². The van der Waals surface area contributed by atoms with Crippen molar-refractivity contribution in [3.05, 3.63) is 12.2 Å². The molecule has 1 aromatic rings. The summed E-state index contributed by atoms with van der Waals surface area (Å²) in [4.78, 5) is 15.2. The van der Waals surface area contributed by atoms with Crippen molar-refractivity contribution < 1.29 is 9.90 Å². The summed E-state index contributed by atoms with van der Waals surface area (Å²) in [6.45, 7) is -0.0210. The van der Waals surface area contributed by atoms with Gasteiger partial charge in [0.1, 0.15) is 6.33 Å². The molecule has 6 heteroatoms. The van der Waals surface area contributed by atoms with Crippen LogP contribution in [-0.4, -0.2) is 38.3 Å². The average Bonchev–Trinajstić information content (AvgIpc) is 2.63. The molecule has 6 nitrogen and oxygen atoms in total. The predicted octanol–water partition coefficient (Wildman–Crippen LogP) is -0.551. The van der Waals surface area contributed by atoms with Gasteiger partial charge in [0.2, 0.25) is 5.82 Å². The van der Waals surface area contributed by atoms with E-state index in [2.05, 4.69) is 20.5 Å². The summed E-state index contributed by atoms with van der Waals surface area (Å²) in [7, 11) is 0. The highest BCUT2D eigenvalue weighted by atomic mass is 16.3. The molecule has 1 aliphatic rings. The number of aliphatic hydroxyl groups excluding tert-OH is 1. The zero-order valence-electron chi connectivity index (χ0n) is 7.66. The van der Waals surface area contributed by atoms with Crippen LogP contribution in [0.4, 0.5) is 0 Å². The fourth-order valence-electron chi connectivity index (χ4n) is 1.54. The first-order valence-corrected chi connectivity index (χ1v) is 4.54. The van der Waals surface area contributed by atoms with E-state index in [0.717, 1.165) is 19.3 Å². The van der Waals surface area contributed by atoms with Gasteiger partial charge in [-0.25, -0.2) is 4.98 Å². The quantitative estimate of drug-likeness (QED) is 0.605. The van der Waals surface area contributed by atoms with Crippen molar-refractivity contribution in [2.45, 2.75) is 24.8 Å². The highest BCUT2D eigenvalue weighted by molar-refractivity contribution is 5.90. The second-order valence-electron chi connectivity index (χ2n) is 3.58. The van der Waals surface area contributed by atoms with Gasteiger partial charge in [-0.15, -0.1) is 0 Å². The number of nitrogens with one attached hydrogen (secondary N) is 2. The van der Waals surface area contributed by atoms with Crippen LogP contribution in [-0.2, 0) is 0 Å². The second-order valence-corrected chi connectivity index (χ2v) is 3.58. The molecule has 0 spiro atoms. The predicted molar refractivity (Wildman–Crippen MR) is 47.5 cm³/mol. The molecule has 0 radical (unpaired) electrons. The van der Waals surface area contributed by atoms with Crippen LogP contribution in [0, 0.1) is 0 Å². The zero-order chi connectivity index (χ0) is 10.0. The van der Waals surface area contributed by atoms with Crippen molar-refractivity contribution in [2.75, 3.05) is 6.61 Å². The van der Waals surface area contributed by atoms with Crippen LogP contribution < -0.4 is 5.32 Å². The van der Waals surface area contributed by atoms with Crippen LogP contribution in [0.25, 0.3) is 0 Å². The lowest BCUT2D eigenvalue weighted by atomic mass is 9.77. The van der Waals surface area contributed by atoms with E-state index in [1.165, 1.54) is 6.33 Å². The van der Waals surface area contributed by atoms with Gasteiger partial charge in [-0.2, -0.15) is 5.10 Å². The van der Waals surface area contributed by atoms with Crippen molar-refractivity contribution in [1.29, 1.82) is 0 Å². The number of aromatic amines is 1. The normalized spacial score (nSPS) is 18.6. The number of carbonyl (C=O) groups is 1. The molecule has 1 fully saturated rings. The first-order valence-electron chi connectivity index (χ1n) is 4.54. The summed E-state index contributed by atoms with van der Waals surface area (Å²) in [5.41, 5.74) is -0.427. The Balaban J connectivity index is 2.01. The van der Waals surface area contributed by atoms with Gasteiger partial charge in [0, 0.05) is 0 Å². The van der Waals surface area contributed by atoms with E-state index in [4.69, 9.17) is 5.11 Å². The molecule has 14 heavy (non-hydrogen) atoms. The number of hydrogen-bond acceptors (Lipinski definition) is 4. The maximum absolute atomic E-state index is 11.5. The van der Waals surface area contributed by atoms with Crippen LogP contribution >= 0.6 is 0 Å². The number of carbonyl (C=O) groups excluding carboxylic acids is 1. The Morgan fingerprint density at radius 2 is 2.50 bits per heavy atom. The minimum atomic E-state index is -0.427. The molecule has 1 heterocycles. The minimum Gasteiger partial charge on any atom is -0.394 e. The smallest absolute Gasteiger partial charge is 0.289 e. The molecule has 1 amide bonds. The third-order valence-corrected chi connectivity index (χ3v) is 2.62. The maximum Gasteiger partial charge on any atom is 0.289 e. The van der Waals surface area contributed by atoms with E-state index in [-0.39, 0.29) is 18.3 Å². The number of H-pyrrole nitrogens is 1. The van der Waals surface area contributed by atoms with Gasteiger partial charge in [-0.3, -0.25) is 9.89 Å². The molecule has 0 atom stereocenters. The number of hydrogen-bond donors (Lipinski definition) is 3. The van der Waals surface area contributed by atoms with E-state index in [1.807, 2.05) is 0 Å². The summed E-state index contributed by atoms with van der Waals surface area (Å²) in [5.74, 6) is -0.124. The molecular weight excluding hydrogens is 184 g/mol. The Labute approximate surface area is 80.7 Å². The highest BCUT2D eigenvalue weighted by Crippen LogP contribution is 2.31. The number of amides is 1. The number of aromatic nitrogens is 3. The summed E-state index contributed by atoms with van der Waals surface area (Å²) < 4.78 is 0. The molecule has 0 aliphatic heterocycles. The van der Waals surface area contributed by atoms with Crippen molar-refractivity contribution in [1.82, 2.24) is 20.5 Å². The van der Waals surface area contributed by atoms with Crippen molar-refractivity contribution in [3.8, 4) is 0 Å². The number of aliphatic hydroxyl groups is 1. The monoisotopic (exact) mass is 196 g/mol. The van der Waals surface area contributed by atoms with E-state index >= 15 is 0 Å². The molecule has 1 aromatic heterocycles.